The van der Waals surface area contributed by atoms with Gasteiger partial charge in [-0.15, -0.1) is 22.9 Å². The van der Waals surface area contributed by atoms with E-state index in [1.807, 2.05) is 0 Å². The Morgan fingerprint density at radius 1 is 1.30 bits per heavy atom. The van der Waals surface area contributed by atoms with E-state index in [0.29, 0.717) is 10.6 Å². The van der Waals surface area contributed by atoms with Crippen LogP contribution in [0.3, 0.4) is 0 Å². The van der Waals surface area contributed by atoms with Crippen LogP contribution in [-0.2, 0) is 22.4 Å². The topological polar surface area (TPSA) is 55.4 Å². The molecule has 1 N–H and O–H groups in total. The number of carbonyl (C=O) groups excluding carboxylic acids is 2. The lowest BCUT2D eigenvalue weighted by molar-refractivity contribution is -0.115. The highest BCUT2D eigenvalue weighted by atomic mass is 35.5. The van der Waals surface area contributed by atoms with E-state index in [9.17, 15) is 9.59 Å². The molecule has 4 nitrogen and oxygen atoms in total. The number of halogens is 1. The van der Waals surface area contributed by atoms with Crippen molar-refractivity contribution >= 4 is 39.8 Å². The van der Waals surface area contributed by atoms with Crippen LogP contribution in [0.15, 0.2) is 0 Å². The largest absolute Gasteiger partial charge is 0.465 e. The third kappa shape index (κ3) is 3.15. The standard InChI is InChI=1S/C14H18ClNO3S/c1-8(15)12(17)16-13-11(14(18)19-2)9-6-4-3-5-7-10(9)20-13/h8H,3-7H2,1-2H3,(H,16,17). The highest BCUT2D eigenvalue weighted by Crippen LogP contribution is 2.38. The maximum Gasteiger partial charge on any atom is 0.341 e. The molecule has 1 atom stereocenters. The summed E-state index contributed by atoms with van der Waals surface area (Å²) in [6.07, 6.45) is 5.17. The van der Waals surface area contributed by atoms with Gasteiger partial charge in [0.25, 0.3) is 0 Å². The lowest BCUT2D eigenvalue weighted by Crippen LogP contribution is -2.21. The molecule has 0 saturated carbocycles. The Kier molecular flexibility index (Phi) is 5.05. The van der Waals surface area contributed by atoms with Gasteiger partial charge in [-0.05, 0) is 38.2 Å². The fraction of sp³-hybridized carbons (Fsp3) is 0.571. The van der Waals surface area contributed by atoms with Gasteiger partial charge in [-0.3, -0.25) is 4.79 Å². The molecule has 6 heteroatoms. The first-order chi connectivity index (χ1) is 9.54. The van der Waals surface area contributed by atoms with Crippen LogP contribution in [0.25, 0.3) is 0 Å². The third-order valence-corrected chi connectivity index (χ3v) is 4.81. The summed E-state index contributed by atoms with van der Waals surface area (Å²) in [5.74, 6) is -0.685. The second-order valence-corrected chi connectivity index (χ2v) is 6.63. The van der Waals surface area contributed by atoms with Crippen LogP contribution < -0.4 is 5.32 Å². The van der Waals surface area contributed by atoms with E-state index in [-0.39, 0.29) is 11.9 Å². The predicted octanol–water partition coefficient (Wildman–Crippen LogP) is 3.37. The van der Waals surface area contributed by atoms with Gasteiger partial charge in [-0.25, -0.2) is 4.79 Å². The van der Waals surface area contributed by atoms with Crippen LogP contribution in [0.5, 0.6) is 0 Å². The van der Waals surface area contributed by atoms with Crippen molar-refractivity contribution < 1.29 is 14.3 Å². The average molecular weight is 316 g/mol. The van der Waals surface area contributed by atoms with Crippen molar-refractivity contribution in [2.24, 2.45) is 0 Å². The van der Waals surface area contributed by atoms with Gasteiger partial charge in [0.1, 0.15) is 10.4 Å². The molecule has 110 valence electrons. The van der Waals surface area contributed by atoms with Crippen molar-refractivity contribution in [1.29, 1.82) is 0 Å². The van der Waals surface area contributed by atoms with Crippen molar-refractivity contribution in [2.75, 3.05) is 12.4 Å². The van der Waals surface area contributed by atoms with Crippen molar-refractivity contribution in [2.45, 2.75) is 44.4 Å². The summed E-state index contributed by atoms with van der Waals surface area (Å²) in [4.78, 5) is 25.0. The number of hydrogen-bond acceptors (Lipinski definition) is 4. The van der Waals surface area contributed by atoms with Gasteiger partial charge in [0.2, 0.25) is 5.91 Å². The monoisotopic (exact) mass is 315 g/mol. The number of amides is 1. The van der Waals surface area contributed by atoms with Crippen LogP contribution in [0.2, 0.25) is 0 Å². The number of esters is 1. The highest BCUT2D eigenvalue weighted by molar-refractivity contribution is 7.17. The molecule has 20 heavy (non-hydrogen) atoms. The average Bonchev–Trinajstić information content (AvgIpc) is 2.59. The minimum absolute atomic E-state index is 0.298. The Morgan fingerprint density at radius 2 is 2.00 bits per heavy atom. The Labute approximate surface area is 127 Å². The minimum Gasteiger partial charge on any atom is -0.465 e. The van der Waals surface area contributed by atoms with Gasteiger partial charge in [-0.2, -0.15) is 0 Å². The number of alkyl halides is 1. The molecule has 0 aromatic carbocycles. The lowest BCUT2D eigenvalue weighted by atomic mass is 10.1. The first kappa shape index (κ1) is 15.3. The molecule has 0 saturated heterocycles. The van der Waals surface area contributed by atoms with Gasteiger partial charge < -0.3 is 10.1 Å². The number of methoxy groups -OCH3 is 1. The maximum atomic E-state index is 12.0. The van der Waals surface area contributed by atoms with Gasteiger partial charge >= 0.3 is 5.97 Å². The number of hydrogen-bond donors (Lipinski definition) is 1. The zero-order valence-corrected chi connectivity index (χ0v) is 13.2. The molecule has 0 spiro atoms. The second-order valence-electron chi connectivity index (χ2n) is 4.87. The van der Waals surface area contributed by atoms with Crippen molar-refractivity contribution in [1.82, 2.24) is 0 Å². The zero-order valence-electron chi connectivity index (χ0n) is 11.6. The Hall–Kier alpha value is -1.07. The van der Waals surface area contributed by atoms with Crippen molar-refractivity contribution in [3.8, 4) is 0 Å². The molecule has 0 aliphatic heterocycles. The number of rotatable bonds is 3. The Bertz CT molecular complexity index is 525. The molecule has 1 heterocycles. The minimum atomic E-state index is -0.637. The van der Waals surface area contributed by atoms with E-state index in [1.54, 1.807) is 6.92 Å². The number of aryl methyl sites for hydroxylation is 1. The Morgan fingerprint density at radius 3 is 2.65 bits per heavy atom. The quantitative estimate of drug-likeness (QED) is 0.528. The van der Waals surface area contributed by atoms with Gasteiger partial charge in [0.05, 0.1) is 12.7 Å². The first-order valence-electron chi connectivity index (χ1n) is 6.72. The molecule has 0 bridgehead atoms. The summed E-state index contributed by atoms with van der Waals surface area (Å²) in [5.41, 5.74) is 1.55. The maximum absolute atomic E-state index is 12.0. The SMILES string of the molecule is COC(=O)c1c(NC(=O)C(C)Cl)sc2c1CCCCC2. The summed E-state index contributed by atoms with van der Waals surface area (Å²) in [5, 5.41) is 2.68. The summed E-state index contributed by atoms with van der Waals surface area (Å²) in [7, 11) is 1.36. The summed E-state index contributed by atoms with van der Waals surface area (Å²) >= 11 is 7.25. The molecular formula is C14H18ClNO3S. The first-order valence-corrected chi connectivity index (χ1v) is 7.97. The van der Waals surface area contributed by atoms with E-state index in [2.05, 4.69) is 5.32 Å². The van der Waals surface area contributed by atoms with E-state index in [4.69, 9.17) is 16.3 Å². The Balaban J connectivity index is 2.40. The van der Waals surface area contributed by atoms with E-state index in [1.165, 1.54) is 29.7 Å². The molecule has 1 aliphatic carbocycles. The van der Waals surface area contributed by atoms with Gasteiger partial charge in [0, 0.05) is 4.88 Å². The molecule has 0 fully saturated rings. The highest BCUT2D eigenvalue weighted by Gasteiger charge is 2.26. The molecule has 1 unspecified atom stereocenters. The fourth-order valence-corrected chi connectivity index (χ4v) is 3.69. The number of nitrogens with one attached hydrogen (secondary N) is 1. The summed E-state index contributed by atoms with van der Waals surface area (Å²) in [6.45, 7) is 1.60. The molecule has 0 radical (unpaired) electrons. The van der Waals surface area contributed by atoms with Gasteiger partial charge in [-0.1, -0.05) is 6.42 Å². The fourth-order valence-electron chi connectivity index (χ4n) is 2.36. The normalized spacial score (nSPS) is 15.9. The number of anilines is 1. The van der Waals surface area contributed by atoms with Crippen molar-refractivity contribution in [3.05, 3.63) is 16.0 Å². The van der Waals surface area contributed by atoms with Crippen LogP contribution in [0, 0.1) is 0 Å². The van der Waals surface area contributed by atoms with Crippen molar-refractivity contribution in [3.63, 3.8) is 0 Å². The lowest BCUT2D eigenvalue weighted by Gasteiger charge is -2.08. The van der Waals surface area contributed by atoms with Crippen LogP contribution in [0.1, 0.15) is 47.0 Å². The number of carbonyl (C=O) groups is 2. The van der Waals surface area contributed by atoms with Crippen LogP contribution in [0.4, 0.5) is 5.00 Å². The second kappa shape index (κ2) is 6.59. The molecule has 1 aliphatic rings. The molecule has 1 aromatic rings. The van der Waals surface area contributed by atoms with Crippen LogP contribution >= 0.6 is 22.9 Å². The summed E-state index contributed by atoms with van der Waals surface area (Å²) < 4.78 is 4.87. The predicted molar refractivity (Wildman–Crippen MR) is 80.9 cm³/mol. The van der Waals surface area contributed by atoms with E-state index >= 15 is 0 Å². The van der Waals surface area contributed by atoms with E-state index in [0.717, 1.165) is 31.2 Å². The van der Waals surface area contributed by atoms with Crippen LogP contribution in [-0.4, -0.2) is 24.4 Å². The van der Waals surface area contributed by atoms with E-state index < -0.39 is 5.38 Å². The zero-order chi connectivity index (χ0) is 14.7. The number of fused-ring (bicyclic) bond motifs is 1. The molecular weight excluding hydrogens is 298 g/mol. The number of ether oxygens (including phenoxy) is 1. The smallest absolute Gasteiger partial charge is 0.341 e. The number of thiophene rings is 1. The molecule has 1 aromatic heterocycles. The molecule has 2 rings (SSSR count). The van der Waals surface area contributed by atoms with Gasteiger partial charge in [0.15, 0.2) is 0 Å². The third-order valence-electron chi connectivity index (χ3n) is 3.41. The summed E-state index contributed by atoms with van der Waals surface area (Å²) in [6, 6.07) is 0. The molecule has 1 amide bonds.